The molecule has 170 valence electrons. The van der Waals surface area contributed by atoms with E-state index < -0.39 is 5.60 Å². The summed E-state index contributed by atoms with van der Waals surface area (Å²) in [6.45, 7) is 6.35. The van der Waals surface area contributed by atoms with Crippen molar-refractivity contribution in [1.82, 2.24) is 15.5 Å². The Hall–Kier alpha value is -1.43. The molecule has 1 atom stereocenters. The fourth-order valence-electron chi connectivity index (χ4n) is 4.90. The van der Waals surface area contributed by atoms with Crippen molar-refractivity contribution >= 4 is 5.97 Å². The molecule has 1 unspecified atom stereocenters. The molecule has 1 aromatic rings. The van der Waals surface area contributed by atoms with Crippen LogP contribution in [0.5, 0.6) is 0 Å². The van der Waals surface area contributed by atoms with Gasteiger partial charge in [-0.05, 0) is 46.0 Å². The minimum Gasteiger partial charge on any atom is -0.460 e. The van der Waals surface area contributed by atoms with Gasteiger partial charge in [-0.1, -0.05) is 62.9 Å². The molecule has 2 fully saturated rings. The van der Waals surface area contributed by atoms with E-state index in [4.69, 9.17) is 9.26 Å². The Morgan fingerprint density at radius 3 is 2.53 bits per heavy atom. The van der Waals surface area contributed by atoms with E-state index in [-0.39, 0.29) is 11.9 Å². The summed E-state index contributed by atoms with van der Waals surface area (Å²) in [6, 6.07) is 0.569. The molecule has 0 spiro atoms. The van der Waals surface area contributed by atoms with E-state index in [1.165, 1.54) is 64.2 Å². The molecule has 6 nitrogen and oxygen atoms in total. The van der Waals surface area contributed by atoms with E-state index in [1.807, 2.05) is 20.8 Å². The fourth-order valence-corrected chi connectivity index (χ4v) is 4.90. The van der Waals surface area contributed by atoms with E-state index in [0.717, 1.165) is 18.8 Å². The number of nitrogens with zero attached hydrogens (tertiary/aromatic N) is 2. The number of hydrogen-bond acceptors (Lipinski definition) is 6. The molecule has 0 amide bonds. The number of carbonyl (C=O) groups excluding carboxylic acids is 1. The van der Waals surface area contributed by atoms with Crippen LogP contribution in [-0.4, -0.2) is 27.8 Å². The minimum absolute atomic E-state index is 0.0591. The summed E-state index contributed by atoms with van der Waals surface area (Å²) in [5.41, 5.74) is -0.477. The zero-order valence-corrected chi connectivity index (χ0v) is 19.3. The summed E-state index contributed by atoms with van der Waals surface area (Å²) in [4.78, 5) is 17.1. The lowest BCUT2D eigenvalue weighted by Crippen LogP contribution is -2.26. The van der Waals surface area contributed by atoms with Crippen LogP contribution < -0.4 is 5.32 Å². The summed E-state index contributed by atoms with van der Waals surface area (Å²) in [7, 11) is 0. The van der Waals surface area contributed by atoms with Gasteiger partial charge in [0.25, 0.3) is 0 Å². The van der Waals surface area contributed by atoms with Crippen LogP contribution in [0.4, 0.5) is 0 Å². The first-order chi connectivity index (χ1) is 14.4. The molecule has 1 heterocycles. The van der Waals surface area contributed by atoms with Gasteiger partial charge >= 0.3 is 5.97 Å². The van der Waals surface area contributed by atoms with Crippen LogP contribution in [0.3, 0.4) is 0 Å². The Balaban J connectivity index is 1.55. The predicted octanol–water partition coefficient (Wildman–Crippen LogP) is 5.67. The Bertz CT molecular complexity index is 640. The summed E-state index contributed by atoms with van der Waals surface area (Å²) in [5.74, 6) is 1.88. The first kappa shape index (κ1) is 23.2. The monoisotopic (exact) mass is 419 g/mol. The lowest BCUT2D eigenvalue weighted by Gasteiger charge is -2.23. The number of carbonyl (C=O) groups is 1. The molecule has 30 heavy (non-hydrogen) atoms. The lowest BCUT2D eigenvalue weighted by molar-refractivity contribution is -0.155. The molecule has 2 saturated carbocycles. The third-order valence-corrected chi connectivity index (χ3v) is 6.46. The summed E-state index contributed by atoms with van der Waals surface area (Å²) in [5, 5.41) is 7.71. The van der Waals surface area contributed by atoms with Gasteiger partial charge in [0.2, 0.25) is 5.89 Å². The molecule has 0 aromatic carbocycles. The third kappa shape index (κ3) is 8.01. The van der Waals surface area contributed by atoms with Gasteiger partial charge in [-0.25, -0.2) is 0 Å². The Morgan fingerprint density at radius 1 is 1.13 bits per heavy atom. The van der Waals surface area contributed by atoms with E-state index in [0.29, 0.717) is 30.7 Å². The lowest BCUT2D eigenvalue weighted by atomic mass is 9.84. The SMILES string of the molecule is CC(C)(C)OC(=O)CC(CCCC1CCCCC1)c1nc(CNC2CCCC2)no1. The van der Waals surface area contributed by atoms with Crippen molar-refractivity contribution in [2.75, 3.05) is 0 Å². The maximum atomic E-state index is 12.5. The van der Waals surface area contributed by atoms with E-state index in [9.17, 15) is 4.79 Å². The summed E-state index contributed by atoms with van der Waals surface area (Å²) >= 11 is 0. The van der Waals surface area contributed by atoms with E-state index >= 15 is 0 Å². The molecule has 3 rings (SSSR count). The van der Waals surface area contributed by atoms with Gasteiger partial charge < -0.3 is 14.6 Å². The highest BCUT2D eigenvalue weighted by Gasteiger charge is 2.26. The summed E-state index contributed by atoms with van der Waals surface area (Å²) in [6.07, 6.45) is 15.4. The van der Waals surface area contributed by atoms with Crippen molar-refractivity contribution in [3.05, 3.63) is 11.7 Å². The number of rotatable bonds is 10. The first-order valence-electron chi connectivity index (χ1n) is 12.2. The minimum atomic E-state index is -0.477. The highest BCUT2D eigenvalue weighted by Crippen LogP contribution is 2.31. The average molecular weight is 420 g/mol. The molecular formula is C24H41N3O3. The van der Waals surface area contributed by atoms with Gasteiger partial charge in [0.15, 0.2) is 5.82 Å². The van der Waals surface area contributed by atoms with Crippen LogP contribution in [0.2, 0.25) is 0 Å². The largest absolute Gasteiger partial charge is 0.460 e. The Kier molecular flexibility index (Phi) is 8.72. The zero-order valence-electron chi connectivity index (χ0n) is 19.3. The summed E-state index contributed by atoms with van der Waals surface area (Å²) < 4.78 is 11.2. The van der Waals surface area contributed by atoms with Crippen molar-refractivity contribution in [2.45, 2.75) is 128 Å². The van der Waals surface area contributed by atoms with E-state index in [2.05, 4.69) is 15.5 Å². The molecule has 1 N–H and O–H groups in total. The maximum absolute atomic E-state index is 12.5. The van der Waals surface area contributed by atoms with Gasteiger partial charge in [-0.15, -0.1) is 0 Å². The molecule has 0 radical (unpaired) electrons. The second-order valence-corrected chi connectivity index (χ2v) is 10.3. The molecule has 0 bridgehead atoms. The number of aromatic nitrogens is 2. The van der Waals surface area contributed by atoms with Crippen molar-refractivity contribution in [2.24, 2.45) is 5.92 Å². The number of nitrogens with one attached hydrogen (secondary N) is 1. The molecule has 0 aliphatic heterocycles. The van der Waals surface area contributed by atoms with Crippen LogP contribution in [0.1, 0.15) is 122 Å². The fraction of sp³-hybridized carbons (Fsp3) is 0.875. The van der Waals surface area contributed by atoms with Gasteiger partial charge in [0.05, 0.1) is 13.0 Å². The van der Waals surface area contributed by atoms with Crippen molar-refractivity contribution < 1.29 is 14.1 Å². The smallest absolute Gasteiger partial charge is 0.307 e. The number of hydrogen-bond donors (Lipinski definition) is 1. The van der Waals surface area contributed by atoms with Crippen molar-refractivity contribution in [1.29, 1.82) is 0 Å². The van der Waals surface area contributed by atoms with Gasteiger partial charge in [0, 0.05) is 12.0 Å². The maximum Gasteiger partial charge on any atom is 0.307 e. The van der Waals surface area contributed by atoms with E-state index in [1.54, 1.807) is 0 Å². The Morgan fingerprint density at radius 2 is 1.83 bits per heavy atom. The molecule has 6 heteroatoms. The highest BCUT2D eigenvalue weighted by atomic mass is 16.6. The molecule has 2 aliphatic carbocycles. The Labute approximate surface area is 181 Å². The number of ether oxygens (including phenoxy) is 1. The van der Waals surface area contributed by atoms with Crippen LogP contribution in [0, 0.1) is 5.92 Å². The molecule has 0 saturated heterocycles. The first-order valence-corrected chi connectivity index (χ1v) is 12.2. The van der Waals surface area contributed by atoms with Crippen molar-refractivity contribution in [3.63, 3.8) is 0 Å². The zero-order chi connectivity index (χ0) is 21.4. The van der Waals surface area contributed by atoms with Gasteiger partial charge in [-0.2, -0.15) is 4.98 Å². The second-order valence-electron chi connectivity index (χ2n) is 10.3. The number of esters is 1. The van der Waals surface area contributed by atoms with Gasteiger partial charge in [-0.3, -0.25) is 4.79 Å². The average Bonchev–Trinajstić information content (AvgIpc) is 3.37. The third-order valence-electron chi connectivity index (χ3n) is 6.46. The second kappa shape index (κ2) is 11.3. The molecule has 1 aromatic heterocycles. The predicted molar refractivity (Wildman–Crippen MR) is 117 cm³/mol. The van der Waals surface area contributed by atoms with Crippen LogP contribution in [0.25, 0.3) is 0 Å². The van der Waals surface area contributed by atoms with Crippen LogP contribution in [-0.2, 0) is 16.1 Å². The molecule has 2 aliphatic rings. The van der Waals surface area contributed by atoms with Crippen molar-refractivity contribution in [3.8, 4) is 0 Å². The topological polar surface area (TPSA) is 77.2 Å². The van der Waals surface area contributed by atoms with Crippen LogP contribution >= 0.6 is 0 Å². The quantitative estimate of drug-likeness (QED) is 0.493. The highest BCUT2D eigenvalue weighted by molar-refractivity contribution is 5.70. The molecular weight excluding hydrogens is 378 g/mol. The standard InChI is InChI=1S/C24H41N3O3/c1-24(2,3)29-22(28)16-19(13-9-12-18-10-5-4-6-11-18)23-26-21(27-30-23)17-25-20-14-7-8-15-20/h18-20,25H,4-17H2,1-3H3. The van der Waals surface area contributed by atoms with Crippen LogP contribution in [0.15, 0.2) is 4.52 Å². The normalized spacial score (nSPS) is 19.8. The van der Waals surface area contributed by atoms with Gasteiger partial charge in [0.1, 0.15) is 5.60 Å².